The lowest BCUT2D eigenvalue weighted by atomic mass is 10.0. The first-order chi connectivity index (χ1) is 11.3. The molecule has 1 atom stereocenters. The lowest BCUT2D eigenvalue weighted by Gasteiger charge is -2.33. The van der Waals surface area contributed by atoms with E-state index in [1.54, 1.807) is 0 Å². The van der Waals surface area contributed by atoms with Crippen molar-refractivity contribution in [3.05, 3.63) is 53.3 Å². The van der Waals surface area contributed by atoms with E-state index in [1.165, 1.54) is 11.3 Å². The van der Waals surface area contributed by atoms with Crippen LogP contribution in [0.15, 0.2) is 36.5 Å². The van der Waals surface area contributed by atoms with Gasteiger partial charge in [-0.2, -0.15) is 5.10 Å². The average molecular weight is 312 g/mol. The molecule has 2 aromatic rings. The van der Waals surface area contributed by atoms with Gasteiger partial charge in [-0.3, -0.25) is 4.68 Å². The van der Waals surface area contributed by atoms with Crippen LogP contribution in [0.5, 0.6) is 0 Å². The minimum atomic E-state index is -0.397. The van der Waals surface area contributed by atoms with Crippen molar-refractivity contribution < 1.29 is 5.11 Å². The van der Waals surface area contributed by atoms with Gasteiger partial charge in [0.1, 0.15) is 0 Å². The molecule has 23 heavy (non-hydrogen) atoms. The number of aliphatic hydroxyl groups excluding tert-OH is 1. The van der Waals surface area contributed by atoms with Crippen LogP contribution < -0.4 is 5.32 Å². The number of nitrogens with one attached hydrogen (secondary N) is 1. The summed E-state index contributed by atoms with van der Waals surface area (Å²) in [5.74, 6) is 0. The van der Waals surface area contributed by atoms with Crippen molar-refractivity contribution in [3.8, 4) is 0 Å². The van der Waals surface area contributed by atoms with Crippen molar-refractivity contribution in [1.82, 2.24) is 20.0 Å². The second kappa shape index (κ2) is 6.43. The number of benzene rings is 1. The van der Waals surface area contributed by atoms with Gasteiger partial charge < -0.3 is 15.3 Å². The predicted octanol–water partition coefficient (Wildman–Crippen LogP) is 1.86. The van der Waals surface area contributed by atoms with Crippen molar-refractivity contribution in [1.29, 1.82) is 0 Å². The summed E-state index contributed by atoms with van der Waals surface area (Å²) in [4.78, 5) is 2.37. The minimum absolute atomic E-state index is 0.397. The van der Waals surface area contributed by atoms with Crippen LogP contribution in [0.1, 0.15) is 41.8 Å². The number of rotatable bonds is 4. The molecule has 4 rings (SSSR count). The Morgan fingerprint density at radius 2 is 1.96 bits per heavy atom. The Morgan fingerprint density at radius 1 is 1.17 bits per heavy atom. The predicted molar refractivity (Wildman–Crippen MR) is 88.9 cm³/mol. The molecule has 0 bridgehead atoms. The van der Waals surface area contributed by atoms with Gasteiger partial charge in [0.15, 0.2) is 0 Å². The standard InChI is InChI=1S/C18H24N4O/c23-18(14-4-2-1-3-5-14)13-21-8-6-16(7-9-21)22-17-12-19-10-15(17)11-20-22/h1-5,11,16,18-19,23H,6-10,12-13H2/t18-/m1/s1. The summed E-state index contributed by atoms with van der Waals surface area (Å²) in [6, 6.07) is 10.5. The Labute approximate surface area is 136 Å². The van der Waals surface area contributed by atoms with Crippen molar-refractivity contribution in [3.63, 3.8) is 0 Å². The van der Waals surface area contributed by atoms with Crippen molar-refractivity contribution in [2.45, 2.75) is 38.1 Å². The van der Waals surface area contributed by atoms with Crippen LogP contribution in [0, 0.1) is 0 Å². The van der Waals surface area contributed by atoms with Gasteiger partial charge in [0.05, 0.1) is 24.0 Å². The zero-order valence-electron chi connectivity index (χ0n) is 13.4. The first-order valence-corrected chi connectivity index (χ1v) is 8.52. The third-order valence-corrected chi connectivity index (χ3v) is 5.11. The lowest BCUT2D eigenvalue weighted by Crippen LogP contribution is -2.37. The average Bonchev–Trinajstić information content (AvgIpc) is 3.20. The maximum absolute atomic E-state index is 10.4. The first-order valence-electron chi connectivity index (χ1n) is 8.52. The number of aromatic nitrogens is 2. The summed E-state index contributed by atoms with van der Waals surface area (Å²) in [6.07, 6.45) is 3.83. The molecule has 0 unspecified atom stereocenters. The fraction of sp³-hybridized carbons (Fsp3) is 0.500. The van der Waals surface area contributed by atoms with Crippen molar-refractivity contribution in [2.75, 3.05) is 19.6 Å². The molecule has 2 aliphatic rings. The summed E-state index contributed by atoms with van der Waals surface area (Å²) < 4.78 is 2.24. The maximum atomic E-state index is 10.4. The summed E-state index contributed by atoms with van der Waals surface area (Å²) in [6.45, 7) is 4.67. The summed E-state index contributed by atoms with van der Waals surface area (Å²) >= 11 is 0. The molecule has 5 heteroatoms. The molecule has 2 aliphatic heterocycles. The molecule has 3 heterocycles. The van der Waals surface area contributed by atoms with Gasteiger partial charge in [-0.15, -0.1) is 0 Å². The molecular weight excluding hydrogens is 288 g/mol. The topological polar surface area (TPSA) is 53.3 Å². The number of likely N-dealkylation sites (tertiary alicyclic amines) is 1. The van der Waals surface area contributed by atoms with E-state index < -0.39 is 6.10 Å². The molecule has 2 N–H and O–H groups in total. The third-order valence-electron chi connectivity index (χ3n) is 5.11. The Morgan fingerprint density at radius 3 is 2.74 bits per heavy atom. The number of β-amino-alcohol motifs (C(OH)–C–C–N with tert-alkyl or cyclic N) is 1. The van der Waals surface area contributed by atoms with E-state index in [9.17, 15) is 5.11 Å². The number of nitrogens with zero attached hydrogens (tertiary/aromatic N) is 3. The van der Waals surface area contributed by atoms with Crippen molar-refractivity contribution in [2.24, 2.45) is 0 Å². The van der Waals surface area contributed by atoms with Gasteiger partial charge >= 0.3 is 0 Å². The largest absolute Gasteiger partial charge is 0.387 e. The van der Waals surface area contributed by atoms with E-state index >= 15 is 0 Å². The number of aliphatic hydroxyl groups is 1. The molecule has 1 aromatic heterocycles. The molecule has 122 valence electrons. The Balaban J connectivity index is 1.34. The normalized spacial score (nSPS) is 20.6. The number of fused-ring (bicyclic) bond motifs is 1. The first kappa shape index (κ1) is 14.9. The van der Waals surface area contributed by atoms with Crippen LogP contribution in [0.25, 0.3) is 0 Å². The van der Waals surface area contributed by atoms with Crippen LogP contribution in [0.3, 0.4) is 0 Å². The number of piperidine rings is 1. The maximum Gasteiger partial charge on any atom is 0.0916 e. The van der Waals surface area contributed by atoms with Crippen LogP contribution in [0.4, 0.5) is 0 Å². The van der Waals surface area contributed by atoms with Gasteiger partial charge in [0.25, 0.3) is 0 Å². The molecule has 5 nitrogen and oxygen atoms in total. The number of hydrogen-bond acceptors (Lipinski definition) is 4. The molecule has 1 fully saturated rings. The monoisotopic (exact) mass is 312 g/mol. The van der Waals surface area contributed by atoms with E-state index in [0.29, 0.717) is 6.04 Å². The van der Waals surface area contributed by atoms with Gasteiger partial charge in [-0.05, 0) is 18.4 Å². The van der Waals surface area contributed by atoms with Crippen LogP contribution >= 0.6 is 0 Å². The van der Waals surface area contributed by atoms with E-state index in [-0.39, 0.29) is 0 Å². The van der Waals surface area contributed by atoms with E-state index in [1.807, 2.05) is 36.5 Å². The molecule has 0 radical (unpaired) electrons. The molecule has 1 saturated heterocycles. The fourth-order valence-electron chi connectivity index (χ4n) is 3.77. The van der Waals surface area contributed by atoms with E-state index in [2.05, 4.69) is 20.0 Å². The molecule has 0 spiro atoms. The van der Waals surface area contributed by atoms with Gasteiger partial charge in [0.2, 0.25) is 0 Å². The minimum Gasteiger partial charge on any atom is -0.387 e. The van der Waals surface area contributed by atoms with Crippen LogP contribution in [-0.2, 0) is 13.1 Å². The third kappa shape index (κ3) is 3.04. The van der Waals surface area contributed by atoms with Crippen LogP contribution in [0.2, 0.25) is 0 Å². The molecular formula is C18H24N4O. The highest BCUT2D eigenvalue weighted by Gasteiger charge is 2.26. The van der Waals surface area contributed by atoms with Gasteiger partial charge in [0, 0.05) is 38.3 Å². The Bertz CT molecular complexity index is 646. The molecule has 0 saturated carbocycles. The Hall–Kier alpha value is -1.69. The fourth-order valence-corrected chi connectivity index (χ4v) is 3.77. The zero-order valence-corrected chi connectivity index (χ0v) is 13.4. The second-order valence-corrected chi connectivity index (χ2v) is 6.62. The lowest BCUT2D eigenvalue weighted by molar-refractivity contribution is 0.0885. The second-order valence-electron chi connectivity index (χ2n) is 6.62. The number of hydrogen-bond donors (Lipinski definition) is 2. The summed E-state index contributed by atoms with van der Waals surface area (Å²) in [7, 11) is 0. The smallest absolute Gasteiger partial charge is 0.0916 e. The van der Waals surface area contributed by atoms with Gasteiger partial charge in [-0.1, -0.05) is 30.3 Å². The highest BCUT2D eigenvalue weighted by atomic mass is 16.3. The SMILES string of the molecule is O[C@H](CN1CCC(n2ncc3c2CNC3)CC1)c1ccccc1. The highest BCUT2D eigenvalue weighted by molar-refractivity contribution is 5.22. The highest BCUT2D eigenvalue weighted by Crippen LogP contribution is 2.27. The molecule has 1 aromatic carbocycles. The van der Waals surface area contributed by atoms with E-state index in [0.717, 1.165) is 51.1 Å². The molecule has 0 aliphatic carbocycles. The summed E-state index contributed by atoms with van der Waals surface area (Å²) in [5, 5.41) is 18.4. The zero-order chi connectivity index (χ0) is 15.6. The van der Waals surface area contributed by atoms with E-state index in [4.69, 9.17) is 0 Å². The quantitative estimate of drug-likeness (QED) is 0.905. The Kier molecular flexibility index (Phi) is 4.16. The van der Waals surface area contributed by atoms with Crippen LogP contribution in [-0.4, -0.2) is 39.4 Å². The van der Waals surface area contributed by atoms with Crippen molar-refractivity contribution >= 4 is 0 Å². The van der Waals surface area contributed by atoms with Gasteiger partial charge in [-0.25, -0.2) is 0 Å². The molecule has 0 amide bonds. The summed E-state index contributed by atoms with van der Waals surface area (Å²) in [5.41, 5.74) is 3.73.